The molecule has 0 spiro atoms. The second-order valence-electron chi connectivity index (χ2n) is 1.68. The highest BCUT2D eigenvalue weighted by Gasteiger charge is 2.11. The van der Waals surface area contributed by atoms with Gasteiger partial charge in [0.15, 0.2) is 0 Å². The van der Waals surface area contributed by atoms with Gasteiger partial charge in [0.1, 0.15) is 0 Å². The van der Waals surface area contributed by atoms with Crippen LogP contribution in [0.1, 0.15) is 0 Å². The first kappa shape index (κ1) is 8.13. The highest BCUT2D eigenvalue weighted by atomic mass is 32.1. The van der Waals surface area contributed by atoms with E-state index >= 15 is 0 Å². The van der Waals surface area contributed by atoms with Gasteiger partial charge in [-0.2, -0.15) is 4.98 Å². The number of hydrogen-bond donors (Lipinski definition) is 0. The monoisotopic (exact) mass is 175 g/mol. The van der Waals surface area contributed by atoms with Crippen LogP contribution in [-0.4, -0.2) is 26.3 Å². The molecule has 0 atom stereocenters. The van der Waals surface area contributed by atoms with Crippen molar-refractivity contribution >= 4 is 11.3 Å². The van der Waals surface area contributed by atoms with Gasteiger partial charge in [-0.15, -0.1) is 0 Å². The molecule has 0 N–H and O–H groups in total. The van der Waals surface area contributed by atoms with E-state index in [1.165, 1.54) is 18.4 Å². The predicted molar refractivity (Wildman–Crippen MR) is 41.8 cm³/mol. The second-order valence-corrected chi connectivity index (χ2v) is 2.61. The van der Waals surface area contributed by atoms with Crippen LogP contribution in [0.2, 0.25) is 0 Å². The van der Waals surface area contributed by atoms with Gasteiger partial charge < -0.3 is 14.2 Å². The third-order valence-electron chi connectivity index (χ3n) is 1.10. The number of aromatic nitrogens is 1. The van der Waals surface area contributed by atoms with Crippen molar-refractivity contribution in [2.75, 3.05) is 21.3 Å². The maximum Gasteiger partial charge on any atom is 0.279 e. The van der Waals surface area contributed by atoms with E-state index in [0.29, 0.717) is 16.1 Å². The van der Waals surface area contributed by atoms with Crippen molar-refractivity contribution in [3.05, 3.63) is 0 Å². The fourth-order valence-corrected chi connectivity index (χ4v) is 1.29. The number of nitrogens with zero attached hydrogens (tertiary/aromatic N) is 1. The van der Waals surface area contributed by atoms with E-state index in [-0.39, 0.29) is 0 Å². The van der Waals surface area contributed by atoms with Crippen molar-refractivity contribution in [1.29, 1.82) is 0 Å². The lowest BCUT2D eigenvalue weighted by Gasteiger charge is -1.95. The SMILES string of the molecule is COc1nc(OC)c(OC)s1. The van der Waals surface area contributed by atoms with Crippen LogP contribution in [0.25, 0.3) is 0 Å². The molecule has 4 nitrogen and oxygen atoms in total. The van der Waals surface area contributed by atoms with Crippen LogP contribution in [-0.2, 0) is 0 Å². The van der Waals surface area contributed by atoms with Gasteiger partial charge in [0, 0.05) is 0 Å². The van der Waals surface area contributed by atoms with Crippen molar-refractivity contribution in [1.82, 2.24) is 4.98 Å². The first-order chi connectivity index (χ1) is 5.31. The van der Waals surface area contributed by atoms with E-state index in [1.54, 1.807) is 14.2 Å². The Labute approximate surface area is 68.7 Å². The summed E-state index contributed by atoms with van der Waals surface area (Å²) in [4.78, 5) is 3.97. The third-order valence-corrected chi connectivity index (χ3v) is 2.06. The quantitative estimate of drug-likeness (QED) is 0.691. The van der Waals surface area contributed by atoms with Crippen molar-refractivity contribution < 1.29 is 14.2 Å². The Balaban J connectivity index is 2.92. The van der Waals surface area contributed by atoms with Gasteiger partial charge in [-0.1, -0.05) is 0 Å². The van der Waals surface area contributed by atoms with Crippen LogP contribution in [0, 0.1) is 0 Å². The summed E-state index contributed by atoms with van der Waals surface area (Å²) in [5.74, 6) is 0.467. The van der Waals surface area contributed by atoms with Crippen molar-refractivity contribution in [2.45, 2.75) is 0 Å². The summed E-state index contributed by atoms with van der Waals surface area (Å²) in [7, 11) is 4.66. The molecular formula is C6H9NO3S. The molecule has 0 aliphatic carbocycles. The molecular weight excluding hydrogens is 166 g/mol. The van der Waals surface area contributed by atoms with E-state index in [9.17, 15) is 0 Å². The molecule has 0 saturated carbocycles. The summed E-state index contributed by atoms with van der Waals surface area (Å²) >= 11 is 1.30. The van der Waals surface area contributed by atoms with Gasteiger partial charge in [0.2, 0.25) is 5.06 Å². The fraction of sp³-hybridized carbons (Fsp3) is 0.500. The number of hydrogen-bond acceptors (Lipinski definition) is 5. The average molecular weight is 175 g/mol. The number of thiazole rings is 1. The molecule has 0 unspecified atom stereocenters. The van der Waals surface area contributed by atoms with E-state index in [4.69, 9.17) is 14.2 Å². The van der Waals surface area contributed by atoms with Gasteiger partial charge in [0.05, 0.1) is 21.3 Å². The molecule has 0 radical (unpaired) electrons. The maximum absolute atomic E-state index is 4.97. The lowest BCUT2D eigenvalue weighted by Crippen LogP contribution is -1.86. The summed E-state index contributed by atoms with van der Waals surface area (Å²) in [6.07, 6.45) is 0. The van der Waals surface area contributed by atoms with E-state index in [0.717, 1.165) is 0 Å². The molecule has 0 aromatic carbocycles. The predicted octanol–water partition coefficient (Wildman–Crippen LogP) is 1.17. The lowest BCUT2D eigenvalue weighted by atomic mass is 10.8. The Morgan fingerprint density at radius 3 is 2.18 bits per heavy atom. The standard InChI is InChI=1S/C6H9NO3S/c1-8-4-5(9-2)11-6(7-4)10-3/h1-3H3. The Hall–Kier alpha value is -0.970. The lowest BCUT2D eigenvalue weighted by molar-refractivity contribution is 0.347. The fourth-order valence-electron chi connectivity index (χ4n) is 0.620. The number of methoxy groups -OCH3 is 3. The first-order valence-corrected chi connectivity index (χ1v) is 3.76. The minimum Gasteiger partial charge on any atom is -0.483 e. The molecule has 1 rings (SSSR count). The zero-order valence-electron chi connectivity index (χ0n) is 6.58. The smallest absolute Gasteiger partial charge is 0.279 e. The molecule has 1 aromatic rings. The summed E-state index contributed by atoms with van der Waals surface area (Å²) < 4.78 is 14.8. The summed E-state index contributed by atoms with van der Waals surface area (Å²) in [6.45, 7) is 0. The zero-order valence-corrected chi connectivity index (χ0v) is 7.40. The van der Waals surface area contributed by atoms with Gasteiger partial charge in [-0.3, -0.25) is 0 Å². The summed E-state index contributed by atoms with van der Waals surface area (Å²) in [6, 6.07) is 0. The minimum absolute atomic E-state index is 0.467. The van der Waals surface area contributed by atoms with Crippen LogP contribution in [0.5, 0.6) is 16.1 Å². The summed E-state index contributed by atoms with van der Waals surface area (Å²) in [5.41, 5.74) is 0. The minimum atomic E-state index is 0.467. The van der Waals surface area contributed by atoms with E-state index in [1.807, 2.05) is 0 Å². The van der Waals surface area contributed by atoms with Gasteiger partial charge >= 0.3 is 0 Å². The Morgan fingerprint density at radius 2 is 1.82 bits per heavy atom. The van der Waals surface area contributed by atoms with Gasteiger partial charge in [-0.05, 0) is 11.3 Å². The molecule has 0 bridgehead atoms. The molecule has 1 heterocycles. The van der Waals surface area contributed by atoms with Crippen LogP contribution in [0.15, 0.2) is 0 Å². The number of rotatable bonds is 3. The maximum atomic E-state index is 4.97. The molecule has 0 amide bonds. The van der Waals surface area contributed by atoms with Crippen molar-refractivity contribution in [3.63, 3.8) is 0 Å². The summed E-state index contributed by atoms with van der Waals surface area (Å²) in [5, 5.41) is 1.17. The first-order valence-electron chi connectivity index (χ1n) is 2.94. The van der Waals surface area contributed by atoms with Gasteiger partial charge in [0.25, 0.3) is 11.1 Å². The Kier molecular flexibility index (Phi) is 2.53. The molecule has 0 aliphatic rings. The second kappa shape index (κ2) is 3.43. The molecule has 0 fully saturated rings. The van der Waals surface area contributed by atoms with E-state index in [2.05, 4.69) is 4.98 Å². The van der Waals surface area contributed by atoms with Crippen LogP contribution in [0.4, 0.5) is 0 Å². The van der Waals surface area contributed by atoms with Crippen molar-refractivity contribution in [2.24, 2.45) is 0 Å². The Bertz CT molecular complexity index is 214. The molecule has 62 valence electrons. The van der Waals surface area contributed by atoms with Crippen LogP contribution < -0.4 is 14.2 Å². The topological polar surface area (TPSA) is 40.6 Å². The highest BCUT2D eigenvalue weighted by Crippen LogP contribution is 2.37. The third kappa shape index (κ3) is 1.54. The largest absolute Gasteiger partial charge is 0.483 e. The number of ether oxygens (including phenoxy) is 3. The normalized spacial score (nSPS) is 9.36. The molecule has 11 heavy (non-hydrogen) atoms. The van der Waals surface area contributed by atoms with Gasteiger partial charge in [-0.25, -0.2) is 0 Å². The highest BCUT2D eigenvalue weighted by molar-refractivity contribution is 7.15. The molecule has 5 heteroatoms. The van der Waals surface area contributed by atoms with E-state index < -0.39 is 0 Å². The van der Waals surface area contributed by atoms with Crippen LogP contribution in [0.3, 0.4) is 0 Å². The van der Waals surface area contributed by atoms with Crippen LogP contribution >= 0.6 is 11.3 Å². The molecule has 0 aliphatic heterocycles. The van der Waals surface area contributed by atoms with Crippen molar-refractivity contribution in [3.8, 4) is 16.1 Å². The average Bonchev–Trinajstić information content (AvgIpc) is 2.46. The molecule has 1 aromatic heterocycles. The Morgan fingerprint density at radius 1 is 1.09 bits per heavy atom. The zero-order chi connectivity index (χ0) is 8.27. The molecule has 0 saturated heterocycles.